The second-order valence-corrected chi connectivity index (χ2v) is 10.3. The number of ether oxygens (including phenoxy) is 1. The molecule has 0 bridgehead atoms. The summed E-state index contributed by atoms with van der Waals surface area (Å²) in [6, 6.07) is 11.0. The molecule has 2 atom stereocenters. The largest absolute Gasteiger partial charge is 0.372 e. The van der Waals surface area contributed by atoms with Crippen molar-refractivity contribution in [2.45, 2.75) is 31.0 Å². The summed E-state index contributed by atoms with van der Waals surface area (Å²) >= 11 is 6.06. The molecule has 3 aromatic rings. The number of carbonyl (C=O) groups is 1. The summed E-state index contributed by atoms with van der Waals surface area (Å²) in [5, 5.41) is 0.268. The standard InChI is InChI=1S/C24H23ClFN3O4S/c1-15-13-29(14-16(2)33-15)23-6-4-19(12-21(23)26)34(31,32)28-22-5-3-18(25)11-20(22)24(30)17-7-9-27-10-8-17/h3-12,15-16,28H,13-14H2,1-2H3/t15-,16+. The molecule has 0 aliphatic carbocycles. The van der Waals surface area contributed by atoms with Gasteiger partial charge in [-0.2, -0.15) is 0 Å². The van der Waals surface area contributed by atoms with Gasteiger partial charge in [-0.05, 0) is 62.4 Å². The second kappa shape index (κ2) is 9.69. The average molecular weight is 504 g/mol. The lowest BCUT2D eigenvalue weighted by Gasteiger charge is -2.37. The lowest BCUT2D eigenvalue weighted by Crippen LogP contribution is -2.45. The minimum absolute atomic E-state index is 0.0338. The zero-order chi connectivity index (χ0) is 24.5. The van der Waals surface area contributed by atoms with Crippen molar-refractivity contribution >= 4 is 38.8 Å². The first-order valence-electron chi connectivity index (χ1n) is 10.6. The van der Waals surface area contributed by atoms with Crippen LogP contribution < -0.4 is 9.62 Å². The van der Waals surface area contributed by atoms with Gasteiger partial charge in [0, 0.05) is 41.6 Å². The van der Waals surface area contributed by atoms with E-state index in [1.54, 1.807) is 0 Å². The Balaban J connectivity index is 1.63. The number of rotatable bonds is 6. The van der Waals surface area contributed by atoms with Crippen LogP contribution in [0.1, 0.15) is 29.8 Å². The monoisotopic (exact) mass is 503 g/mol. The fourth-order valence-electron chi connectivity index (χ4n) is 3.94. The number of anilines is 2. The van der Waals surface area contributed by atoms with Crippen LogP contribution in [0.4, 0.5) is 15.8 Å². The molecule has 0 amide bonds. The van der Waals surface area contributed by atoms with Crippen LogP contribution in [0.3, 0.4) is 0 Å². The highest BCUT2D eigenvalue weighted by Gasteiger charge is 2.26. The van der Waals surface area contributed by atoms with E-state index in [2.05, 4.69) is 9.71 Å². The first kappa shape index (κ1) is 24.1. The van der Waals surface area contributed by atoms with E-state index in [-0.39, 0.29) is 33.4 Å². The first-order valence-corrected chi connectivity index (χ1v) is 12.5. The van der Waals surface area contributed by atoms with Crippen molar-refractivity contribution in [1.82, 2.24) is 4.98 Å². The van der Waals surface area contributed by atoms with Crippen LogP contribution in [0.5, 0.6) is 0 Å². The Kier molecular flexibility index (Phi) is 6.88. The molecule has 10 heteroatoms. The van der Waals surface area contributed by atoms with E-state index in [0.29, 0.717) is 24.3 Å². The highest BCUT2D eigenvalue weighted by molar-refractivity contribution is 7.92. The molecule has 1 aliphatic heterocycles. The van der Waals surface area contributed by atoms with Crippen LogP contribution in [0.15, 0.2) is 65.8 Å². The van der Waals surface area contributed by atoms with Crippen molar-refractivity contribution in [2.24, 2.45) is 0 Å². The molecule has 7 nitrogen and oxygen atoms in total. The Bertz CT molecular complexity index is 1310. The van der Waals surface area contributed by atoms with Gasteiger partial charge in [0.25, 0.3) is 10.0 Å². The lowest BCUT2D eigenvalue weighted by atomic mass is 10.0. The number of sulfonamides is 1. The molecule has 2 heterocycles. The van der Waals surface area contributed by atoms with Gasteiger partial charge in [-0.15, -0.1) is 0 Å². The van der Waals surface area contributed by atoms with Crippen molar-refractivity contribution < 1.29 is 22.3 Å². The molecule has 1 fully saturated rings. The summed E-state index contributed by atoms with van der Waals surface area (Å²) in [5.74, 6) is -1.09. The Morgan fingerprint density at radius 2 is 1.76 bits per heavy atom. The Morgan fingerprint density at radius 3 is 2.41 bits per heavy atom. The summed E-state index contributed by atoms with van der Waals surface area (Å²) < 4.78 is 49.2. The number of benzene rings is 2. The summed E-state index contributed by atoms with van der Waals surface area (Å²) in [6.07, 6.45) is 2.77. The zero-order valence-corrected chi connectivity index (χ0v) is 20.1. The molecular weight excluding hydrogens is 481 g/mol. The van der Waals surface area contributed by atoms with Gasteiger partial charge in [-0.25, -0.2) is 12.8 Å². The van der Waals surface area contributed by atoms with Gasteiger partial charge in [-0.3, -0.25) is 14.5 Å². The number of carbonyl (C=O) groups excluding carboxylic acids is 1. The summed E-state index contributed by atoms with van der Waals surface area (Å²) in [6.45, 7) is 4.80. The SMILES string of the molecule is C[C@@H]1CN(c2ccc(S(=O)(=O)Nc3ccc(Cl)cc3C(=O)c3ccncc3)cc2F)C[C@H](C)O1. The fourth-order valence-corrected chi connectivity index (χ4v) is 5.20. The average Bonchev–Trinajstić information content (AvgIpc) is 2.79. The number of nitrogens with zero attached hydrogens (tertiary/aromatic N) is 2. The third-order valence-electron chi connectivity index (χ3n) is 5.40. The van der Waals surface area contributed by atoms with E-state index in [1.807, 2.05) is 18.7 Å². The number of halogens is 2. The van der Waals surface area contributed by atoms with Crippen LogP contribution >= 0.6 is 11.6 Å². The van der Waals surface area contributed by atoms with Crippen LogP contribution in [0.2, 0.25) is 5.02 Å². The predicted molar refractivity (Wildman–Crippen MR) is 129 cm³/mol. The number of pyridine rings is 1. The van der Waals surface area contributed by atoms with Crippen LogP contribution in [0, 0.1) is 5.82 Å². The Morgan fingerprint density at radius 1 is 1.09 bits per heavy atom. The number of aromatic nitrogens is 1. The molecule has 0 spiro atoms. The van der Waals surface area contributed by atoms with Crippen molar-refractivity contribution in [1.29, 1.82) is 0 Å². The summed E-state index contributed by atoms with van der Waals surface area (Å²) in [4.78, 5) is 18.4. The van der Waals surface area contributed by atoms with Gasteiger partial charge >= 0.3 is 0 Å². The molecule has 1 N–H and O–H groups in total. The molecular formula is C24H23ClFN3O4S. The second-order valence-electron chi connectivity index (χ2n) is 8.14. The molecule has 1 saturated heterocycles. The molecule has 0 radical (unpaired) electrons. The zero-order valence-electron chi connectivity index (χ0n) is 18.5. The summed E-state index contributed by atoms with van der Waals surface area (Å²) in [5.41, 5.74) is 0.727. The molecule has 0 saturated carbocycles. The lowest BCUT2D eigenvalue weighted by molar-refractivity contribution is -0.00540. The molecule has 4 rings (SSSR count). The third-order valence-corrected chi connectivity index (χ3v) is 7.00. The topological polar surface area (TPSA) is 88.6 Å². The van der Waals surface area contributed by atoms with Crippen molar-refractivity contribution in [2.75, 3.05) is 22.7 Å². The van der Waals surface area contributed by atoms with Crippen LogP contribution in [-0.2, 0) is 14.8 Å². The van der Waals surface area contributed by atoms with E-state index in [9.17, 15) is 17.6 Å². The number of hydrogen-bond acceptors (Lipinski definition) is 6. The number of hydrogen-bond donors (Lipinski definition) is 1. The molecule has 0 unspecified atom stereocenters. The van der Waals surface area contributed by atoms with Crippen molar-refractivity contribution in [3.63, 3.8) is 0 Å². The maximum Gasteiger partial charge on any atom is 0.262 e. The maximum atomic E-state index is 15.0. The molecule has 2 aromatic carbocycles. The number of nitrogens with one attached hydrogen (secondary N) is 1. The smallest absolute Gasteiger partial charge is 0.262 e. The molecule has 34 heavy (non-hydrogen) atoms. The molecule has 1 aliphatic rings. The molecule has 1 aromatic heterocycles. The van der Waals surface area contributed by atoms with Gasteiger partial charge in [0.1, 0.15) is 5.82 Å². The Hall–Kier alpha value is -3.01. The molecule has 178 valence electrons. The predicted octanol–water partition coefficient (Wildman–Crippen LogP) is 4.52. The maximum absolute atomic E-state index is 15.0. The number of ketones is 1. The quantitative estimate of drug-likeness (QED) is 0.497. The highest BCUT2D eigenvalue weighted by atomic mass is 35.5. The van der Waals surface area contributed by atoms with Crippen molar-refractivity contribution in [3.8, 4) is 0 Å². The van der Waals surface area contributed by atoms with Gasteiger partial charge in [-0.1, -0.05) is 11.6 Å². The minimum Gasteiger partial charge on any atom is -0.372 e. The summed E-state index contributed by atoms with van der Waals surface area (Å²) in [7, 11) is -4.20. The van der Waals surface area contributed by atoms with Crippen molar-refractivity contribution in [3.05, 3.63) is 82.9 Å². The van der Waals surface area contributed by atoms with Crippen LogP contribution in [0.25, 0.3) is 0 Å². The fraction of sp³-hybridized carbons (Fsp3) is 0.250. The minimum atomic E-state index is -4.20. The third kappa shape index (κ3) is 5.22. The van der Waals surface area contributed by atoms with Gasteiger partial charge in [0.15, 0.2) is 5.78 Å². The van der Waals surface area contributed by atoms with Gasteiger partial charge in [0.05, 0.1) is 28.5 Å². The highest BCUT2D eigenvalue weighted by Crippen LogP contribution is 2.29. The Labute approximate surface area is 202 Å². The van der Waals surface area contributed by atoms with Crippen LogP contribution in [-0.4, -0.2) is 44.5 Å². The van der Waals surface area contributed by atoms with E-state index in [0.717, 1.165) is 6.07 Å². The van der Waals surface area contributed by atoms with E-state index in [4.69, 9.17) is 16.3 Å². The van der Waals surface area contributed by atoms with E-state index < -0.39 is 21.6 Å². The van der Waals surface area contributed by atoms with E-state index in [1.165, 1.54) is 54.9 Å². The van der Waals surface area contributed by atoms with Gasteiger partial charge in [0.2, 0.25) is 0 Å². The van der Waals surface area contributed by atoms with E-state index >= 15 is 0 Å². The number of morpholine rings is 1. The normalized spacial score (nSPS) is 18.5. The first-order chi connectivity index (χ1) is 16.1. The van der Waals surface area contributed by atoms with Gasteiger partial charge < -0.3 is 9.64 Å².